The highest BCUT2D eigenvalue weighted by Gasteiger charge is 2.42. The molecule has 0 radical (unpaired) electrons. The van der Waals surface area contributed by atoms with E-state index in [2.05, 4.69) is 12.2 Å². The largest absolute Gasteiger partial charge is 0.356 e. The summed E-state index contributed by atoms with van der Waals surface area (Å²) in [5.74, 6) is 2.00. The van der Waals surface area contributed by atoms with Gasteiger partial charge < -0.3 is 9.47 Å². The van der Waals surface area contributed by atoms with Crippen molar-refractivity contribution >= 4 is 0 Å². The average Bonchev–Trinajstić information content (AvgIpc) is 2.68. The molecule has 0 amide bonds. The zero-order valence-electron chi connectivity index (χ0n) is 7.69. The molecule has 0 spiro atoms. The average molecular weight is 168 g/mol. The maximum atomic E-state index is 5.30. The molecule has 2 aliphatic rings. The lowest BCUT2D eigenvalue weighted by Gasteiger charge is -2.24. The van der Waals surface area contributed by atoms with E-state index in [1.165, 1.54) is 12.8 Å². The summed E-state index contributed by atoms with van der Waals surface area (Å²) in [4.78, 5) is 0. The molecular formula is C10H16O2. The highest BCUT2D eigenvalue weighted by molar-refractivity contribution is 5.12. The van der Waals surface area contributed by atoms with E-state index in [4.69, 9.17) is 9.47 Å². The van der Waals surface area contributed by atoms with E-state index < -0.39 is 0 Å². The molecule has 0 saturated heterocycles. The van der Waals surface area contributed by atoms with Crippen molar-refractivity contribution in [2.24, 2.45) is 17.8 Å². The van der Waals surface area contributed by atoms with E-state index in [-0.39, 0.29) is 6.29 Å². The van der Waals surface area contributed by atoms with Gasteiger partial charge >= 0.3 is 0 Å². The van der Waals surface area contributed by atoms with Gasteiger partial charge in [-0.25, -0.2) is 0 Å². The fourth-order valence-corrected chi connectivity index (χ4v) is 2.64. The molecule has 0 aromatic carbocycles. The van der Waals surface area contributed by atoms with Gasteiger partial charge in [0.25, 0.3) is 0 Å². The quantitative estimate of drug-likeness (QED) is 0.472. The molecule has 2 unspecified atom stereocenters. The van der Waals surface area contributed by atoms with E-state index in [1.54, 1.807) is 14.2 Å². The minimum absolute atomic E-state index is 0.00231. The van der Waals surface area contributed by atoms with Crippen LogP contribution < -0.4 is 0 Å². The Morgan fingerprint density at radius 3 is 1.92 bits per heavy atom. The summed E-state index contributed by atoms with van der Waals surface area (Å²) in [7, 11) is 3.46. The van der Waals surface area contributed by atoms with Gasteiger partial charge in [0.15, 0.2) is 6.29 Å². The van der Waals surface area contributed by atoms with Crippen molar-refractivity contribution in [1.82, 2.24) is 0 Å². The van der Waals surface area contributed by atoms with Crippen LogP contribution in [0.15, 0.2) is 12.2 Å². The minimum Gasteiger partial charge on any atom is -0.356 e. The Morgan fingerprint density at radius 2 is 1.58 bits per heavy atom. The van der Waals surface area contributed by atoms with Gasteiger partial charge in [-0.05, 0) is 24.7 Å². The molecule has 2 bridgehead atoms. The molecule has 0 N–H and O–H groups in total. The minimum atomic E-state index is -0.00231. The van der Waals surface area contributed by atoms with E-state index in [1.807, 2.05) is 0 Å². The van der Waals surface area contributed by atoms with Gasteiger partial charge in [-0.2, -0.15) is 0 Å². The molecule has 2 aliphatic carbocycles. The Hall–Kier alpha value is -0.340. The van der Waals surface area contributed by atoms with Crippen LogP contribution in [-0.4, -0.2) is 20.5 Å². The van der Waals surface area contributed by atoms with Gasteiger partial charge in [-0.1, -0.05) is 12.2 Å². The third-order valence-electron chi connectivity index (χ3n) is 3.21. The number of hydrogen-bond acceptors (Lipinski definition) is 2. The van der Waals surface area contributed by atoms with Gasteiger partial charge in [-0.3, -0.25) is 0 Å². The van der Waals surface area contributed by atoms with Crippen LogP contribution in [0.5, 0.6) is 0 Å². The molecule has 0 aromatic heterocycles. The van der Waals surface area contributed by atoms with Crippen LogP contribution in [0, 0.1) is 17.8 Å². The second-order valence-corrected chi connectivity index (χ2v) is 3.71. The van der Waals surface area contributed by atoms with Crippen molar-refractivity contribution in [2.45, 2.75) is 19.1 Å². The number of methoxy groups -OCH3 is 2. The third-order valence-corrected chi connectivity index (χ3v) is 3.21. The lowest BCUT2D eigenvalue weighted by atomic mass is 9.96. The summed E-state index contributed by atoms with van der Waals surface area (Å²) in [6.45, 7) is 0. The van der Waals surface area contributed by atoms with E-state index in [0.29, 0.717) is 17.8 Å². The summed E-state index contributed by atoms with van der Waals surface area (Å²) in [5.41, 5.74) is 0. The molecule has 1 fully saturated rings. The predicted molar refractivity (Wildman–Crippen MR) is 46.7 cm³/mol. The van der Waals surface area contributed by atoms with E-state index >= 15 is 0 Å². The molecule has 1 saturated carbocycles. The van der Waals surface area contributed by atoms with Crippen LogP contribution in [-0.2, 0) is 9.47 Å². The fourth-order valence-electron chi connectivity index (χ4n) is 2.64. The number of ether oxygens (including phenoxy) is 2. The zero-order valence-corrected chi connectivity index (χ0v) is 7.69. The zero-order chi connectivity index (χ0) is 8.55. The first-order valence-corrected chi connectivity index (χ1v) is 4.60. The summed E-state index contributed by atoms with van der Waals surface area (Å²) in [6.07, 6.45) is 7.27. The Balaban J connectivity index is 2.06. The first-order chi connectivity index (χ1) is 5.86. The Bertz CT molecular complexity index is 170. The summed E-state index contributed by atoms with van der Waals surface area (Å²) in [6, 6.07) is 0. The van der Waals surface area contributed by atoms with Crippen LogP contribution in [0.3, 0.4) is 0 Å². The highest BCUT2D eigenvalue weighted by Crippen LogP contribution is 2.46. The van der Waals surface area contributed by atoms with Crippen molar-refractivity contribution in [3.8, 4) is 0 Å². The second kappa shape index (κ2) is 3.19. The first-order valence-electron chi connectivity index (χ1n) is 4.60. The van der Waals surface area contributed by atoms with E-state index in [9.17, 15) is 0 Å². The van der Waals surface area contributed by atoms with Crippen molar-refractivity contribution in [3.05, 3.63) is 12.2 Å². The fraction of sp³-hybridized carbons (Fsp3) is 0.800. The Labute approximate surface area is 73.5 Å². The summed E-state index contributed by atoms with van der Waals surface area (Å²) < 4.78 is 10.6. The van der Waals surface area contributed by atoms with Gasteiger partial charge in [0, 0.05) is 20.1 Å². The molecule has 0 aromatic rings. The molecule has 2 heteroatoms. The number of allylic oxidation sites excluding steroid dienone is 2. The van der Waals surface area contributed by atoms with Gasteiger partial charge in [-0.15, -0.1) is 0 Å². The van der Waals surface area contributed by atoms with E-state index in [0.717, 1.165) is 0 Å². The van der Waals surface area contributed by atoms with Crippen LogP contribution in [0.4, 0.5) is 0 Å². The Kier molecular flexibility index (Phi) is 2.20. The highest BCUT2D eigenvalue weighted by atomic mass is 16.7. The normalized spacial score (nSPS) is 38.4. The molecule has 2 nitrogen and oxygen atoms in total. The maximum Gasteiger partial charge on any atom is 0.160 e. The molecule has 0 aliphatic heterocycles. The second-order valence-electron chi connectivity index (χ2n) is 3.71. The SMILES string of the molecule is COC(OC)C1C2C=CC1CC2. The first kappa shape index (κ1) is 8.27. The van der Waals surface area contributed by atoms with Gasteiger partial charge in [0.1, 0.15) is 0 Å². The van der Waals surface area contributed by atoms with Crippen LogP contribution in [0.1, 0.15) is 12.8 Å². The molecular weight excluding hydrogens is 152 g/mol. The molecule has 0 heterocycles. The van der Waals surface area contributed by atoms with Crippen LogP contribution in [0.2, 0.25) is 0 Å². The molecule has 12 heavy (non-hydrogen) atoms. The topological polar surface area (TPSA) is 18.5 Å². The molecule has 68 valence electrons. The van der Waals surface area contributed by atoms with Crippen molar-refractivity contribution < 1.29 is 9.47 Å². The van der Waals surface area contributed by atoms with Crippen LogP contribution >= 0.6 is 0 Å². The number of fused-ring (bicyclic) bond motifs is 2. The number of hydrogen-bond donors (Lipinski definition) is 0. The monoisotopic (exact) mass is 168 g/mol. The molecule has 2 rings (SSSR count). The smallest absolute Gasteiger partial charge is 0.160 e. The lowest BCUT2D eigenvalue weighted by Crippen LogP contribution is -2.28. The van der Waals surface area contributed by atoms with Crippen molar-refractivity contribution in [3.63, 3.8) is 0 Å². The number of rotatable bonds is 3. The standard InChI is InChI=1S/C10H16O2/c1-11-10(12-2)9-7-3-4-8(9)6-5-7/h3-4,7-10H,5-6H2,1-2H3. The predicted octanol–water partition coefficient (Wildman–Crippen LogP) is 1.82. The Morgan fingerprint density at radius 1 is 1.08 bits per heavy atom. The maximum absolute atomic E-state index is 5.30. The van der Waals surface area contributed by atoms with Crippen LogP contribution in [0.25, 0.3) is 0 Å². The van der Waals surface area contributed by atoms with Crippen molar-refractivity contribution in [1.29, 1.82) is 0 Å². The van der Waals surface area contributed by atoms with Crippen molar-refractivity contribution in [2.75, 3.05) is 14.2 Å². The van der Waals surface area contributed by atoms with Gasteiger partial charge in [0.2, 0.25) is 0 Å². The summed E-state index contributed by atoms with van der Waals surface area (Å²) >= 11 is 0. The lowest BCUT2D eigenvalue weighted by molar-refractivity contribution is -0.145. The van der Waals surface area contributed by atoms with Gasteiger partial charge in [0.05, 0.1) is 0 Å². The summed E-state index contributed by atoms with van der Waals surface area (Å²) in [5, 5.41) is 0. The third kappa shape index (κ3) is 1.10. The molecule has 2 atom stereocenters.